The van der Waals surface area contributed by atoms with Gasteiger partial charge in [-0.05, 0) is 12.8 Å². The smallest absolute Gasteiger partial charge is 0.319 e. The molecule has 0 bridgehead atoms. The van der Waals surface area contributed by atoms with E-state index < -0.39 is 12.7 Å². The highest BCUT2D eigenvalue weighted by atomic mass is 19.3. The summed E-state index contributed by atoms with van der Waals surface area (Å²) in [4.78, 5) is 3.24. The minimum atomic E-state index is -2.70. The highest BCUT2D eigenvalue weighted by Crippen LogP contribution is 2.28. The van der Waals surface area contributed by atoms with Gasteiger partial charge in [-0.3, -0.25) is 0 Å². The minimum Gasteiger partial charge on any atom is -0.319 e. The second-order valence-electron chi connectivity index (χ2n) is 3.32. The lowest BCUT2D eigenvalue weighted by atomic mass is 9.86. The lowest BCUT2D eigenvalue weighted by molar-refractivity contribution is -0.181. The van der Waals surface area contributed by atoms with Gasteiger partial charge < -0.3 is 9.58 Å². The normalized spacial score (nSPS) is 28.8. The lowest BCUT2D eigenvalue weighted by Crippen LogP contribution is -2.31. The summed E-state index contributed by atoms with van der Waals surface area (Å²) < 4.78 is 28.3. The number of hydrogen-bond donors (Lipinski definition) is 0. The maximum absolute atomic E-state index is 11.9. The Morgan fingerprint density at radius 3 is 2.69 bits per heavy atom. The molecule has 1 aliphatic carbocycles. The number of rotatable bonds is 3. The van der Waals surface area contributed by atoms with Crippen LogP contribution in [0.5, 0.6) is 0 Å². The van der Waals surface area contributed by atoms with E-state index in [0.29, 0.717) is 13.0 Å². The molecule has 1 aliphatic rings. The van der Waals surface area contributed by atoms with Gasteiger partial charge in [-0.25, -0.2) is 6.57 Å². The largest absolute Gasteiger partial charge is 0.345 e. The van der Waals surface area contributed by atoms with E-state index in [1.807, 2.05) is 0 Å². The van der Waals surface area contributed by atoms with Crippen molar-refractivity contribution >= 4 is 0 Å². The van der Waals surface area contributed by atoms with Gasteiger partial charge in [-0.1, -0.05) is 12.8 Å². The quantitative estimate of drug-likeness (QED) is 0.622. The number of hydrogen-bond acceptors (Lipinski definition) is 1. The Morgan fingerprint density at radius 1 is 1.38 bits per heavy atom. The number of halogens is 2. The summed E-state index contributed by atoms with van der Waals surface area (Å²) in [5.74, 6) is 0.0141. The topological polar surface area (TPSA) is 13.6 Å². The SMILES string of the molecule is [C-]#[N+]CC1CCCCC1OC(F)F. The van der Waals surface area contributed by atoms with E-state index in [9.17, 15) is 8.78 Å². The molecule has 0 heterocycles. The van der Waals surface area contributed by atoms with Crippen molar-refractivity contribution in [2.24, 2.45) is 5.92 Å². The molecule has 0 aromatic carbocycles. The summed E-state index contributed by atoms with van der Waals surface area (Å²) in [6.07, 6.45) is 3.09. The molecule has 1 rings (SSSR count). The van der Waals surface area contributed by atoms with E-state index in [4.69, 9.17) is 6.57 Å². The molecular formula is C9H13F2NO. The Kier molecular flexibility index (Phi) is 4.10. The zero-order chi connectivity index (χ0) is 9.68. The molecule has 13 heavy (non-hydrogen) atoms. The molecule has 1 fully saturated rings. The molecule has 0 aromatic rings. The molecule has 0 radical (unpaired) electrons. The zero-order valence-electron chi connectivity index (χ0n) is 7.38. The summed E-state index contributed by atoms with van der Waals surface area (Å²) in [7, 11) is 0. The fourth-order valence-electron chi connectivity index (χ4n) is 1.81. The van der Waals surface area contributed by atoms with Crippen LogP contribution >= 0.6 is 0 Å². The summed E-state index contributed by atoms with van der Waals surface area (Å²) in [5.41, 5.74) is 0. The average Bonchev–Trinajstić information content (AvgIpc) is 2.08. The number of ether oxygens (including phenoxy) is 1. The van der Waals surface area contributed by atoms with Crippen LogP contribution in [0, 0.1) is 12.5 Å². The molecule has 4 heteroatoms. The molecule has 2 unspecified atom stereocenters. The van der Waals surface area contributed by atoms with Crippen LogP contribution in [0.4, 0.5) is 8.78 Å². The van der Waals surface area contributed by atoms with E-state index >= 15 is 0 Å². The molecular weight excluding hydrogens is 176 g/mol. The average molecular weight is 189 g/mol. The van der Waals surface area contributed by atoms with Crippen LogP contribution in [-0.2, 0) is 4.74 Å². The summed E-state index contributed by atoms with van der Waals surface area (Å²) in [5, 5.41) is 0. The zero-order valence-corrected chi connectivity index (χ0v) is 7.38. The maximum Gasteiger partial charge on any atom is 0.345 e. The van der Waals surface area contributed by atoms with Gasteiger partial charge in [0.25, 0.3) is 0 Å². The maximum atomic E-state index is 11.9. The van der Waals surface area contributed by atoms with E-state index in [1.165, 1.54) is 0 Å². The predicted molar refractivity (Wildman–Crippen MR) is 44.3 cm³/mol. The first-order chi connectivity index (χ1) is 6.24. The van der Waals surface area contributed by atoms with Crippen molar-refractivity contribution in [3.8, 4) is 0 Å². The van der Waals surface area contributed by atoms with Crippen molar-refractivity contribution in [1.29, 1.82) is 0 Å². The first-order valence-electron chi connectivity index (χ1n) is 4.51. The summed E-state index contributed by atoms with van der Waals surface area (Å²) in [6, 6.07) is 0. The van der Waals surface area contributed by atoms with Crippen molar-refractivity contribution in [3.63, 3.8) is 0 Å². The molecule has 0 N–H and O–H groups in total. The van der Waals surface area contributed by atoms with Crippen LogP contribution in [0.25, 0.3) is 4.85 Å². The van der Waals surface area contributed by atoms with Gasteiger partial charge in [0.15, 0.2) is 0 Å². The van der Waals surface area contributed by atoms with Gasteiger partial charge in [0.05, 0.1) is 12.0 Å². The van der Waals surface area contributed by atoms with Gasteiger partial charge in [-0.15, -0.1) is 0 Å². The number of alkyl halides is 2. The molecule has 2 atom stereocenters. The third-order valence-electron chi connectivity index (χ3n) is 2.44. The summed E-state index contributed by atoms with van der Waals surface area (Å²) in [6.45, 7) is 4.31. The van der Waals surface area contributed by atoms with Crippen LogP contribution in [0.15, 0.2) is 0 Å². The first kappa shape index (κ1) is 10.4. The number of nitrogens with zero attached hydrogens (tertiary/aromatic N) is 1. The van der Waals surface area contributed by atoms with E-state index in [0.717, 1.165) is 19.3 Å². The predicted octanol–water partition coefficient (Wildman–Crippen LogP) is 2.70. The highest BCUT2D eigenvalue weighted by Gasteiger charge is 2.30. The molecule has 0 saturated heterocycles. The Balaban J connectivity index is 2.42. The van der Waals surface area contributed by atoms with Gasteiger partial charge >= 0.3 is 6.61 Å². The van der Waals surface area contributed by atoms with Crippen molar-refractivity contribution in [3.05, 3.63) is 11.4 Å². The van der Waals surface area contributed by atoms with Crippen molar-refractivity contribution in [1.82, 2.24) is 0 Å². The van der Waals surface area contributed by atoms with Gasteiger partial charge in [0.1, 0.15) is 0 Å². The third kappa shape index (κ3) is 3.27. The third-order valence-corrected chi connectivity index (χ3v) is 2.44. The van der Waals surface area contributed by atoms with Gasteiger partial charge in [-0.2, -0.15) is 8.78 Å². The van der Waals surface area contributed by atoms with Crippen LogP contribution < -0.4 is 0 Å². The monoisotopic (exact) mass is 189 g/mol. The van der Waals surface area contributed by atoms with E-state index in [2.05, 4.69) is 9.58 Å². The lowest BCUT2D eigenvalue weighted by Gasteiger charge is -2.27. The van der Waals surface area contributed by atoms with E-state index in [1.54, 1.807) is 0 Å². The standard InChI is InChI=1S/C9H13F2NO/c1-12-6-7-4-2-3-5-8(7)13-9(10)11/h7-9H,2-6H2. The van der Waals surface area contributed by atoms with Crippen molar-refractivity contribution in [2.45, 2.75) is 38.4 Å². The molecule has 1 saturated carbocycles. The van der Waals surface area contributed by atoms with Crippen molar-refractivity contribution < 1.29 is 13.5 Å². The highest BCUT2D eigenvalue weighted by molar-refractivity contribution is 4.81. The second-order valence-corrected chi connectivity index (χ2v) is 3.32. The van der Waals surface area contributed by atoms with Crippen LogP contribution in [-0.4, -0.2) is 19.3 Å². The first-order valence-corrected chi connectivity index (χ1v) is 4.51. The van der Waals surface area contributed by atoms with Crippen LogP contribution in [0.1, 0.15) is 25.7 Å². The second kappa shape index (κ2) is 5.13. The van der Waals surface area contributed by atoms with E-state index in [-0.39, 0.29) is 5.92 Å². The van der Waals surface area contributed by atoms with Crippen LogP contribution in [0.3, 0.4) is 0 Å². The summed E-state index contributed by atoms with van der Waals surface area (Å²) >= 11 is 0. The fourth-order valence-corrected chi connectivity index (χ4v) is 1.81. The van der Waals surface area contributed by atoms with Crippen molar-refractivity contribution in [2.75, 3.05) is 6.54 Å². The Bertz CT molecular complexity index is 191. The minimum absolute atomic E-state index is 0.0141. The Hall–Kier alpha value is -0.690. The molecule has 0 aliphatic heterocycles. The molecule has 74 valence electrons. The van der Waals surface area contributed by atoms with Crippen LogP contribution in [0.2, 0.25) is 0 Å². The Labute approximate surface area is 76.7 Å². The fraction of sp³-hybridized carbons (Fsp3) is 0.889. The van der Waals surface area contributed by atoms with Gasteiger partial charge in [0, 0.05) is 0 Å². The Morgan fingerprint density at radius 2 is 2.08 bits per heavy atom. The molecule has 0 aromatic heterocycles. The van der Waals surface area contributed by atoms with Gasteiger partial charge in [0.2, 0.25) is 6.54 Å². The molecule has 0 spiro atoms. The molecule has 0 amide bonds. The molecule has 2 nitrogen and oxygen atoms in total.